The molecule has 4 aromatic rings. The molecule has 0 unspecified atom stereocenters. The highest BCUT2D eigenvalue weighted by Crippen LogP contribution is 2.35. The predicted molar refractivity (Wildman–Crippen MR) is 129 cm³/mol. The Hall–Kier alpha value is -3.91. The lowest BCUT2D eigenvalue weighted by molar-refractivity contribution is 0.0527. The molecule has 0 amide bonds. The number of ether oxygens (including phenoxy) is 1. The van der Waals surface area contributed by atoms with E-state index in [0.717, 1.165) is 33.4 Å². The van der Waals surface area contributed by atoms with Gasteiger partial charge in [-0.25, -0.2) is 4.79 Å². The van der Waals surface area contributed by atoms with Crippen LogP contribution in [0, 0.1) is 0 Å². The second-order valence-corrected chi connectivity index (χ2v) is 7.15. The highest BCUT2D eigenvalue weighted by atomic mass is 16.5. The molecule has 31 heavy (non-hydrogen) atoms. The summed E-state index contributed by atoms with van der Waals surface area (Å²) >= 11 is 0. The number of rotatable bonds is 6. The molecular formula is C29H24O2. The van der Waals surface area contributed by atoms with Crippen LogP contribution in [0.2, 0.25) is 0 Å². The van der Waals surface area contributed by atoms with Gasteiger partial charge < -0.3 is 4.74 Å². The van der Waals surface area contributed by atoms with Crippen molar-refractivity contribution in [2.75, 3.05) is 6.61 Å². The molecule has 0 aliphatic rings. The first kappa shape index (κ1) is 20.4. The van der Waals surface area contributed by atoms with Gasteiger partial charge in [0.1, 0.15) is 0 Å². The van der Waals surface area contributed by atoms with E-state index < -0.39 is 0 Å². The second kappa shape index (κ2) is 9.73. The van der Waals surface area contributed by atoms with Gasteiger partial charge in [0, 0.05) is 0 Å². The molecule has 0 N–H and O–H groups in total. The quantitative estimate of drug-likeness (QED) is 0.248. The number of benzene rings is 4. The molecule has 4 aromatic carbocycles. The summed E-state index contributed by atoms with van der Waals surface area (Å²) in [4.78, 5) is 13.2. The van der Waals surface area contributed by atoms with E-state index in [1.807, 2.05) is 104 Å². The van der Waals surface area contributed by atoms with Crippen molar-refractivity contribution >= 4 is 18.1 Å². The summed E-state index contributed by atoms with van der Waals surface area (Å²) in [7, 11) is 0. The van der Waals surface area contributed by atoms with Crippen LogP contribution < -0.4 is 0 Å². The third-order valence-electron chi connectivity index (χ3n) is 5.14. The maximum Gasteiger partial charge on any atom is 0.339 e. The molecular weight excluding hydrogens is 380 g/mol. The Morgan fingerprint density at radius 1 is 0.677 bits per heavy atom. The van der Waals surface area contributed by atoms with Crippen LogP contribution >= 0.6 is 0 Å². The van der Waals surface area contributed by atoms with Gasteiger partial charge >= 0.3 is 5.97 Å². The van der Waals surface area contributed by atoms with Crippen LogP contribution in [0.25, 0.3) is 34.4 Å². The van der Waals surface area contributed by atoms with E-state index in [1.165, 1.54) is 0 Å². The zero-order valence-electron chi connectivity index (χ0n) is 17.5. The first-order valence-electron chi connectivity index (χ1n) is 10.5. The van der Waals surface area contributed by atoms with Crippen LogP contribution in [0.3, 0.4) is 0 Å². The minimum Gasteiger partial charge on any atom is -0.462 e. The number of hydrogen-bond acceptors (Lipinski definition) is 2. The minimum atomic E-state index is -0.313. The first-order chi connectivity index (χ1) is 15.3. The molecule has 2 nitrogen and oxygen atoms in total. The second-order valence-electron chi connectivity index (χ2n) is 7.15. The number of esters is 1. The average molecular weight is 405 g/mol. The van der Waals surface area contributed by atoms with Crippen LogP contribution in [0.5, 0.6) is 0 Å². The summed E-state index contributed by atoms with van der Waals surface area (Å²) in [6.45, 7) is 2.16. The van der Waals surface area contributed by atoms with E-state index in [0.29, 0.717) is 12.2 Å². The number of hydrogen-bond donors (Lipinski definition) is 0. The number of carbonyl (C=O) groups is 1. The fourth-order valence-electron chi connectivity index (χ4n) is 3.69. The smallest absolute Gasteiger partial charge is 0.339 e. The molecule has 0 heterocycles. The molecule has 0 bridgehead atoms. The van der Waals surface area contributed by atoms with E-state index in [-0.39, 0.29) is 5.97 Å². The van der Waals surface area contributed by atoms with E-state index >= 15 is 0 Å². The molecule has 0 spiro atoms. The van der Waals surface area contributed by atoms with Crippen LogP contribution in [0.4, 0.5) is 0 Å². The van der Waals surface area contributed by atoms with Gasteiger partial charge in [0.15, 0.2) is 0 Å². The fourth-order valence-corrected chi connectivity index (χ4v) is 3.69. The molecule has 0 fully saturated rings. The molecule has 152 valence electrons. The molecule has 4 rings (SSSR count). The van der Waals surface area contributed by atoms with Crippen molar-refractivity contribution < 1.29 is 9.53 Å². The Morgan fingerprint density at radius 3 is 1.77 bits per heavy atom. The predicted octanol–water partition coefficient (Wildman–Crippen LogP) is 7.37. The summed E-state index contributed by atoms with van der Waals surface area (Å²) in [6, 6.07) is 34.3. The van der Waals surface area contributed by atoms with Crippen molar-refractivity contribution in [3.05, 3.63) is 120 Å². The highest BCUT2D eigenvalue weighted by Gasteiger charge is 2.21. The lowest BCUT2D eigenvalue weighted by Crippen LogP contribution is -2.10. The largest absolute Gasteiger partial charge is 0.462 e. The molecule has 0 aliphatic heterocycles. The van der Waals surface area contributed by atoms with Crippen molar-refractivity contribution in [3.63, 3.8) is 0 Å². The Balaban J connectivity index is 1.98. The Morgan fingerprint density at radius 2 is 1.19 bits per heavy atom. The Kier molecular flexibility index (Phi) is 6.39. The lowest BCUT2D eigenvalue weighted by atomic mass is 9.88. The number of carbonyl (C=O) groups excluding carboxylic acids is 1. The molecule has 0 saturated carbocycles. The summed E-state index contributed by atoms with van der Waals surface area (Å²) in [6.07, 6.45) is 4.07. The highest BCUT2D eigenvalue weighted by molar-refractivity contribution is 6.04. The van der Waals surface area contributed by atoms with Gasteiger partial charge in [0.05, 0.1) is 12.2 Å². The zero-order valence-corrected chi connectivity index (χ0v) is 17.5. The van der Waals surface area contributed by atoms with Crippen molar-refractivity contribution in [2.45, 2.75) is 6.92 Å². The Labute approximate surface area is 183 Å². The third-order valence-corrected chi connectivity index (χ3v) is 5.14. The van der Waals surface area contributed by atoms with Gasteiger partial charge in [0.2, 0.25) is 0 Å². The molecule has 0 saturated heterocycles. The minimum absolute atomic E-state index is 0.313. The van der Waals surface area contributed by atoms with Crippen molar-refractivity contribution in [1.82, 2.24) is 0 Å². The lowest BCUT2D eigenvalue weighted by Gasteiger charge is -2.17. The SMILES string of the molecule is CCOC(=O)c1c(-c2ccccc2)ccc(-c2ccccc2)c1/C=C/c1ccccc1. The standard InChI is InChI=1S/C29H24O2/c1-2-31-29(30)28-26(24-16-10-5-11-17-24)21-20-25(23-14-8-4-9-15-23)27(28)19-18-22-12-6-3-7-13-22/h3-21H,2H2,1H3/b19-18+. The average Bonchev–Trinajstić information content (AvgIpc) is 2.84. The van der Waals surface area contributed by atoms with Gasteiger partial charge in [-0.2, -0.15) is 0 Å². The van der Waals surface area contributed by atoms with E-state index in [9.17, 15) is 4.79 Å². The maximum atomic E-state index is 13.2. The van der Waals surface area contributed by atoms with Crippen LogP contribution in [-0.4, -0.2) is 12.6 Å². The fraction of sp³-hybridized carbons (Fsp3) is 0.0690. The monoisotopic (exact) mass is 404 g/mol. The topological polar surface area (TPSA) is 26.3 Å². The van der Waals surface area contributed by atoms with Crippen molar-refractivity contribution in [3.8, 4) is 22.3 Å². The molecule has 0 aromatic heterocycles. The van der Waals surface area contributed by atoms with Crippen LogP contribution in [-0.2, 0) is 4.74 Å². The summed E-state index contributed by atoms with van der Waals surface area (Å²) in [5, 5.41) is 0. The van der Waals surface area contributed by atoms with E-state index in [4.69, 9.17) is 4.74 Å². The summed E-state index contributed by atoms with van der Waals surface area (Å²) < 4.78 is 5.50. The molecule has 0 atom stereocenters. The van der Waals surface area contributed by atoms with Crippen molar-refractivity contribution in [1.29, 1.82) is 0 Å². The Bertz CT molecular complexity index is 1180. The first-order valence-corrected chi connectivity index (χ1v) is 10.5. The molecule has 0 radical (unpaired) electrons. The van der Waals surface area contributed by atoms with Crippen molar-refractivity contribution in [2.24, 2.45) is 0 Å². The molecule has 2 heteroatoms. The summed E-state index contributed by atoms with van der Waals surface area (Å²) in [5.41, 5.74) is 6.42. The van der Waals surface area contributed by atoms with Gasteiger partial charge in [0.25, 0.3) is 0 Å². The third kappa shape index (κ3) is 4.65. The summed E-state index contributed by atoms with van der Waals surface area (Å²) in [5.74, 6) is -0.313. The molecule has 0 aliphatic carbocycles. The zero-order chi connectivity index (χ0) is 21.5. The van der Waals surface area contributed by atoms with E-state index in [1.54, 1.807) is 0 Å². The van der Waals surface area contributed by atoms with Crippen LogP contribution in [0.1, 0.15) is 28.4 Å². The maximum absolute atomic E-state index is 13.2. The van der Waals surface area contributed by atoms with Crippen LogP contribution in [0.15, 0.2) is 103 Å². The van der Waals surface area contributed by atoms with Gasteiger partial charge in [-0.15, -0.1) is 0 Å². The van der Waals surface area contributed by atoms with Gasteiger partial charge in [-0.3, -0.25) is 0 Å². The normalized spacial score (nSPS) is 10.9. The van der Waals surface area contributed by atoms with E-state index in [2.05, 4.69) is 18.2 Å². The van der Waals surface area contributed by atoms with Gasteiger partial charge in [-0.1, -0.05) is 115 Å². The van der Waals surface area contributed by atoms with Gasteiger partial charge in [-0.05, 0) is 40.3 Å².